The number of aromatic nitrogens is 2. The Hall–Kier alpha value is -1.58. The van der Waals surface area contributed by atoms with Crippen molar-refractivity contribution in [2.24, 2.45) is 0 Å². The van der Waals surface area contributed by atoms with Gasteiger partial charge in [0.25, 0.3) is 0 Å². The second kappa shape index (κ2) is 2.70. The molecule has 0 saturated heterocycles. The molecule has 3 rings (SSSR count). The number of rotatable bonds is 0. The number of hydrogen-bond acceptors (Lipinski definition) is 3. The average Bonchev–Trinajstić information content (AvgIpc) is 2.57. The zero-order chi connectivity index (χ0) is 9.54. The van der Waals surface area contributed by atoms with Gasteiger partial charge in [0.05, 0.1) is 11.9 Å². The summed E-state index contributed by atoms with van der Waals surface area (Å²) in [6.07, 6.45) is 7.32. The van der Waals surface area contributed by atoms with Crippen LogP contribution in [-0.4, -0.2) is 9.61 Å². The average molecular weight is 190 g/mol. The van der Waals surface area contributed by atoms with E-state index in [1.807, 2.05) is 0 Å². The van der Waals surface area contributed by atoms with Crippen LogP contribution in [0.1, 0.15) is 24.1 Å². The van der Waals surface area contributed by atoms with Gasteiger partial charge in [-0.05, 0) is 25.7 Å². The molecule has 0 unspecified atom stereocenters. The van der Waals surface area contributed by atoms with Crippen LogP contribution in [0.2, 0.25) is 0 Å². The minimum absolute atomic E-state index is 0.275. The predicted octanol–water partition coefficient (Wildman–Crippen LogP) is 1.17. The van der Waals surface area contributed by atoms with E-state index in [1.165, 1.54) is 12.7 Å². The molecule has 0 saturated carbocycles. The summed E-state index contributed by atoms with van der Waals surface area (Å²) in [5.41, 5.74) is 2.51. The first kappa shape index (κ1) is 7.79. The molecule has 2 aromatic rings. The van der Waals surface area contributed by atoms with Crippen molar-refractivity contribution >= 4 is 5.52 Å². The van der Waals surface area contributed by atoms with Gasteiger partial charge in [-0.25, -0.2) is 9.31 Å². The summed E-state index contributed by atoms with van der Waals surface area (Å²) in [5.74, 6) is 0. The summed E-state index contributed by atoms with van der Waals surface area (Å²) in [7, 11) is 0. The van der Waals surface area contributed by atoms with Crippen molar-refractivity contribution in [2.45, 2.75) is 25.7 Å². The number of nitrogens with zero attached hydrogens (tertiary/aromatic N) is 2. The molecule has 0 aliphatic heterocycles. The predicted molar refractivity (Wildman–Crippen MR) is 50.4 cm³/mol. The lowest BCUT2D eigenvalue weighted by Gasteiger charge is -2.07. The lowest BCUT2D eigenvalue weighted by Crippen LogP contribution is -2.06. The molecule has 1 aliphatic carbocycles. The maximum absolute atomic E-state index is 11.5. The van der Waals surface area contributed by atoms with Crippen molar-refractivity contribution in [3.8, 4) is 0 Å². The second-order valence-electron chi connectivity index (χ2n) is 3.62. The minimum Gasteiger partial charge on any atom is -0.428 e. The monoisotopic (exact) mass is 190 g/mol. The van der Waals surface area contributed by atoms with E-state index in [-0.39, 0.29) is 5.63 Å². The maximum atomic E-state index is 11.5. The summed E-state index contributed by atoms with van der Waals surface area (Å²) < 4.78 is 6.49. The van der Waals surface area contributed by atoms with Crippen molar-refractivity contribution in [3.05, 3.63) is 34.1 Å². The normalized spacial score (nSPS) is 15.7. The van der Waals surface area contributed by atoms with Crippen LogP contribution in [0.25, 0.3) is 5.52 Å². The molecule has 0 N–H and O–H groups in total. The molecule has 0 radical (unpaired) electrons. The Labute approximate surface area is 80.2 Å². The fraction of sp³-hybridized carbons (Fsp3) is 0.400. The molecule has 14 heavy (non-hydrogen) atoms. The highest BCUT2D eigenvalue weighted by Crippen LogP contribution is 2.22. The molecule has 0 spiro atoms. The Morgan fingerprint density at radius 3 is 3.14 bits per heavy atom. The van der Waals surface area contributed by atoms with Gasteiger partial charge in [-0.1, -0.05) is 0 Å². The van der Waals surface area contributed by atoms with E-state index < -0.39 is 0 Å². The van der Waals surface area contributed by atoms with Crippen LogP contribution in [0.15, 0.2) is 21.7 Å². The van der Waals surface area contributed by atoms with Gasteiger partial charge in [-0.2, -0.15) is 5.10 Å². The van der Waals surface area contributed by atoms with Gasteiger partial charge < -0.3 is 4.42 Å². The van der Waals surface area contributed by atoms with Crippen molar-refractivity contribution < 1.29 is 4.42 Å². The van der Waals surface area contributed by atoms with E-state index in [0.29, 0.717) is 5.52 Å². The van der Waals surface area contributed by atoms with Gasteiger partial charge in [0.2, 0.25) is 0 Å². The first-order valence-electron chi connectivity index (χ1n) is 4.84. The Balaban J connectivity index is 2.44. The molecular weight excluding hydrogens is 180 g/mol. The Kier molecular flexibility index (Phi) is 1.50. The third-order valence-electron chi connectivity index (χ3n) is 2.75. The lowest BCUT2D eigenvalue weighted by molar-refractivity contribution is 0.505. The van der Waals surface area contributed by atoms with Crippen molar-refractivity contribution in [2.75, 3.05) is 0 Å². The zero-order valence-electron chi connectivity index (χ0n) is 7.69. The molecule has 4 nitrogen and oxygen atoms in total. The fourth-order valence-corrected chi connectivity index (χ4v) is 2.10. The van der Waals surface area contributed by atoms with E-state index in [2.05, 4.69) is 5.10 Å². The van der Waals surface area contributed by atoms with Crippen molar-refractivity contribution in [1.29, 1.82) is 0 Å². The summed E-state index contributed by atoms with van der Waals surface area (Å²) in [5, 5.41) is 4.37. The molecule has 72 valence electrons. The summed E-state index contributed by atoms with van der Waals surface area (Å²) in [4.78, 5) is 11.5. The number of hydrogen-bond donors (Lipinski definition) is 0. The van der Waals surface area contributed by atoms with Crippen LogP contribution >= 0.6 is 0 Å². The highest BCUT2D eigenvalue weighted by Gasteiger charge is 2.18. The summed E-state index contributed by atoms with van der Waals surface area (Å²) in [6, 6.07) is 0. The standard InChI is InChI=1S/C10H10N2O2/c13-10-9-7-3-1-2-4-8(7)11-12(9)5-6-14-10/h5-6H,1-4H2. The maximum Gasteiger partial charge on any atom is 0.362 e. The molecule has 2 aromatic heterocycles. The molecule has 0 bridgehead atoms. The zero-order valence-corrected chi connectivity index (χ0v) is 7.69. The summed E-state index contributed by atoms with van der Waals surface area (Å²) >= 11 is 0. The van der Waals surface area contributed by atoms with Gasteiger partial charge in [-0.3, -0.25) is 0 Å². The van der Waals surface area contributed by atoms with Crippen LogP contribution in [0.5, 0.6) is 0 Å². The number of aryl methyl sites for hydroxylation is 2. The molecule has 0 amide bonds. The molecule has 0 fully saturated rings. The molecular formula is C10H10N2O2. The molecule has 0 aromatic carbocycles. The van der Waals surface area contributed by atoms with Crippen LogP contribution in [-0.2, 0) is 12.8 Å². The Morgan fingerprint density at radius 2 is 2.21 bits per heavy atom. The van der Waals surface area contributed by atoms with Crippen LogP contribution in [0.4, 0.5) is 0 Å². The molecule has 1 aliphatic rings. The second-order valence-corrected chi connectivity index (χ2v) is 3.62. The molecule has 0 atom stereocenters. The highest BCUT2D eigenvalue weighted by atomic mass is 16.4. The molecule has 2 heterocycles. The molecule has 4 heteroatoms. The van der Waals surface area contributed by atoms with Gasteiger partial charge in [0, 0.05) is 5.56 Å². The van der Waals surface area contributed by atoms with E-state index in [4.69, 9.17) is 4.42 Å². The Bertz CT molecular complexity index is 539. The SMILES string of the molecule is O=c1occn2nc3c(c12)CCCC3. The van der Waals surface area contributed by atoms with Gasteiger partial charge >= 0.3 is 5.63 Å². The summed E-state index contributed by atoms with van der Waals surface area (Å²) in [6.45, 7) is 0. The minimum atomic E-state index is -0.275. The fourth-order valence-electron chi connectivity index (χ4n) is 2.10. The smallest absolute Gasteiger partial charge is 0.362 e. The largest absolute Gasteiger partial charge is 0.428 e. The van der Waals surface area contributed by atoms with E-state index >= 15 is 0 Å². The first-order chi connectivity index (χ1) is 6.86. The van der Waals surface area contributed by atoms with E-state index in [9.17, 15) is 4.79 Å². The quantitative estimate of drug-likeness (QED) is 0.626. The highest BCUT2D eigenvalue weighted by molar-refractivity contribution is 5.54. The number of fused-ring (bicyclic) bond motifs is 3. The van der Waals surface area contributed by atoms with Gasteiger partial charge in [-0.15, -0.1) is 0 Å². The van der Waals surface area contributed by atoms with Crippen molar-refractivity contribution in [3.63, 3.8) is 0 Å². The third-order valence-corrected chi connectivity index (χ3v) is 2.75. The van der Waals surface area contributed by atoms with Crippen molar-refractivity contribution in [1.82, 2.24) is 9.61 Å². The van der Waals surface area contributed by atoms with Crippen LogP contribution in [0, 0.1) is 0 Å². The van der Waals surface area contributed by atoms with E-state index in [1.54, 1.807) is 10.7 Å². The van der Waals surface area contributed by atoms with Crippen LogP contribution in [0.3, 0.4) is 0 Å². The van der Waals surface area contributed by atoms with E-state index in [0.717, 1.165) is 30.5 Å². The van der Waals surface area contributed by atoms with Gasteiger partial charge in [0.15, 0.2) is 5.52 Å². The Morgan fingerprint density at radius 1 is 1.36 bits per heavy atom. The lowest BCUT2D eigenvalue weighted by atomic mass is 9.97. The first-order valence-corrected chi connectivity index (χ1v) is 4.84. The van der Waals surface area contributed by atoms with Crippen LogP contribution < -0.4 is 5.63 Å². The third kappa shape index (κ3) is 0.937. The topological polar surface area (TPSA) is 47.5 Å². The van der Waals surface area contributed by atoms with Gasteiger partial charge in [0.1, 0.15) is 6.26 Å².